The maximum atomic E-state index is 12.2. The highest BCUT2D eigenvalue weighted by atomic mass is 16.5. The second kappa shape index (κ2) is 10.6. The van der Waals surface area contributed by atoms with Gasteiger partial charge in [0.2, 0.25) is 5.91 Å². The number of nitrogens with one attached hydrogen (secondary N) is 3. The first kappa shape index (κ1) is 20.0. The average molecular weight is 369 g/mol. The lowest BCUT2D eigenvalue weighted by Crippen LogP contribution is -2.41. The molecule has 0 saturated heterocycles. The number of para-hydroxylation sites is 1. The van der Waals surface area contributed by atoms with Gasteiger partial charge in [-0.05, 0) is 37.6 Å². The third-order valence-corrected chi connectivity index (χ3v) is 3.65. The third-order valence-electron chi connectivity index (χ3n) is 3.65. The van der Waals surface area contributed by atoms with Gasteiger partial charge in [0.15, 0.2) is 0 Å². The van der Waals surface area contributed by atoms with Gasteiger partial charge in [0.1, 0.15) is 5.75 Å². The Bertz CT molecular complexity index is 778. The lowest BCUT2D eigenvalue weighted by atomic mass is 10.2. The lowest BCUT2D eigenvalue weighted by Gasteiger charge is -2.10. The summed E-state index contributed by atoms with van der Waals surface area (Å²) in [5.74, 6) is -0.441. The van der Waals surface area contributed by atoms with Crippen LogP contribution in [0.25, 0.3) is 0 Å². The van der Waals surface area contributed by atoms with E-state index in [0.29, 0.717) is 36.4 Å². The summed E-state index contributed by atoms with van der Waals surface area (Å²) in [5, 5.41) is 2.76. The van der Waals surface area contributed by atoms with Gasteiger partial charge in [-0.15, -0.1) is 0 Å². The minimum atomic E-state index is -0.384. The molecule has 2 rings (SSSR count). The molecule has 0 atom stereocenters. The van der Waals surface area contributed by atoms with Crippen LogP contribution in [0.1, 0.15) is 40.5 Å². The molecule has 142 valence electrons. The molecule has 0 bridgehead atoms. The molecule has 0 spiro atoms. The van der Waals surface area contributed by atoms with Crippen molar-refractivity contribution in [1.29, 1.82) is 0 Å². The van der Waals surface area contributed by atoms with Gasteiger partial charge in [-0.3, -0.25) is 25.2 Å². The Labute approximate surface area is 158 Å². The monoisotopic (exact) mass is 369 g/mol. The average Bonchev–Trinajstić information content (AvgIpc) is 2.70. The topological polar surface area (TPSA) is 96.5 Å². The molecular formula is C20H23N3O4. The van der Waals surface area contributed by atoms with Gasteiger partial charge in [-0.1, -0.05) is 30.3 Å². The van der Waals surface area contributed by atoms with Crippen LogP contribution in [0.3, 0.4) is 0 Å². The number of carbonyl (C=O) groups is 3. The Morgan fingerprint density at radius 1 is 0.889 bits per heavy atom. The van der Waals surface area contributed by atoms with Gasteiger partial charge in [-0.2, -0.15) is 0 Å². The maximum absolute atomic E-state index is 12.2. The molecule has 3 amide bonds. The summed E-state index contributed by atoms with van der Waals surface area (Å²) in [6, 6.07) is 15.6. The minimum Gasteiger partial charge on any atom is -0.493 e. The Kier molecular flexibility index (Phi) is 7.84. The normalized spacial score (nSPS) is 9.96. The van der Waals surface area contributed by atoms with E-state index in [9.17, 15) is 14.4 Å². The van der Waals surface area contributed by atoms with Gasteiger partial charge in [0, 0.05) is 18.5 Å². The highest BCUT2D eigenvalue weighted by Crippen LogP contribution is 2.17. The number of ether oxygens (including phenoxy) is 1. The van der Waals surface area contributed by atoms with Crippen LogP contribution in [-0.2, 0) is 4.79 Å². The number of hydrazine groups is 1. The number of benzene rings is 2. The summed E-state index contributed by atoms with van der Waals surface area (Å²) < 4.78 is 5.43. The zero-order valence-corrected chi connectivity index (χ0v) is 15.2. The molecule has 0 unspecified atom stereocenters. The van der Waals surface area contributed by atoms with Gasteiger partial charge in [0.05, 0.1) is 12.2 Å². The van der Waals surface area contributed by atoms with Crippen molar-refractivity contribution in [3.05, 3.63) is 65.7 Å². The molecule has 0 radical (unpaired) electrons. The first-order valence-corrected chi connectivity index (χ1v) is 8.76. The highest BCUT2D eigenvalue weighted by molar-refractivity contribution is 5.97. The van der Waals surface area contributed by atoms with Crippen LogP contribution >= 0.6 is 0 Å². The highest BCUT2D eigenvalue weighted by Gasteiger charge is 2.11. The van der Waals surface area contributed by atoms with Crippen molar-refractivity contribution in [2.45, 2.75) is 19.8 Å². The molecule has 27 heavy (non-hydrogen) atoms. The number of rotatable bonds is 8. The van der Waals surface area contributed by atoms with Crippen LogP contribution < -0.4 is 20.9 Å². The van der Waals surface area contributed by atoms with E-state index in [1.165, 1.54) is 0 Å². The molecule has 0 aliphatic carbocycles. The largest absolute Gasteiger partial charge is 0.493 e. The first-order chi connectivity index (χ1) is 13.1. The predicted molar refractivity (Wildman–Crippen MR) is 101 cm³/mol. The number of hydrogen-bond donors (Lipinski definition) is 3. The molecule has 2 aromatic rings. The van der Waals surface area contributed by atoms with Gasteiger partial charge in [-0.25, -0.2) is 0 Å². The molecule has 0 aromatic heterocycles. The number of carbonyl (C=O) groups excluding carboxylic acids is 3. The number of hydrogen-bond acceptors (Lipinski definition) is 4. The van der Waals surface area contributed by atoms with Crippen molar-refractivity contribution in [2.24, 2.45) is 0 Å². The molecule has 7 heteroatoms. The van der Waals surface area contributed by atoms with Crippen molar-refractivity contribution in [1.82, 2.24) is 16.2 Å². The smallest absolute Gasteiger partial charge is 0.269 e. The fourth-order valence-corrected chi connectivity index (χ4v) is 2.33. The first-order valence-electron chi connectivity index (χ1n) is 8.76. The number of amides is 3. The molecule has 2 aromatic carbocycles. The fraction of sp³-hybridized carbons (Fsp3) is 0.250. The molecule has 0 aliphatic heterocycles. The minimum absolute atomic E-state index is 0.169. The Hall–Kier alpha value is -3.35. The van der Waals surface area contributed by atoms with Crippen molar-refractivity contribution >= 4 is 17.7 Å². The SMILES string of the molecule is CCOc1ccccc1C(=O)NCCCC(=O)NNC(=O)c1ccccc1. The quantitative estimate of drug-likeness (QED) is 0.490. The van der Waals surface area contributed by atoms with Crippen molar-refractivity contribution in [3.63, 3.8) is 0 Å². The molecule has 7 nitrogen and oxygen atoms in total. The molecule has 0 fully saturated rings. The predicted octanol–water partition coefficient (Wildman–Crippen LogP) is 2.06. The van der Waals surface area contributed by atoms with E-state index in [1.807, 2.05) is 6.92 Å². The third kappa shape index (κ3) is 6.47. The fourth-order valence-electron chi connectivity index (χ4n) is 2.33. The Morgan fingerprint density at radius 3 is 2.33 bits per heavy atom. The molecule has 3 N–H and O–H groups in total. The summed E-state index contributed by atoms with van der Waals surface area (Å²) in [7, 11) is 0. The summed E-state index contributed by atoms with van der Waals surface area (Å²) in [6.07, 6.45) is 0.609. The Morgan fingerprint density at radius 2 is 1.59 bits per heavy atom. The molecule has 0 heterocycles. The van der Waals surface area contributed by atoms with Gasteiger partial charge in [0.25, 0.3) is 11.8 Å². The standard InChI is InChI=1S/C20H23N3O4/c1-2-27-17-12-7-6-11-16(17)20(26)21-14-8-13-18(24)22-23-19(25)15-9-4-3-5-10-15/h3-7,9-12H,2,8,13-14H2,1H3,(H,21,26)(H,22,24)(H,23,25). The van der Waals surface area contributed by atoms with Crippen molar-refractivity contribution < 1.29 is 19.1 Å². The van der Waals surface area contributed by atoms with Crippen LogP contribution in [0.15, 0.2) is 54.6 Å². The van der Waals surface area contributed by atoms with E-state index in [0.717, 1.165) is 0 Å². The zero-order chi connectivity index (χ0) is 19.5. The van der Waals surface area contributed by atoms with Crippen molar-refractivity contribution in [3.8, 4) is 5.75 Å². The van der Waals surface area contributed by atoms with E-state index in [-0.39, 0.29) is 24.1 Å². The van der Waals surface area contributed by atoms with E-state index in [1.54, 1.807) is 54.6 Å². The summed E-state index contributed by atoms with van der Waals surface area (Å²) in [6.45, 7) is 2.66. The lowest BCUT2D eigenvalue weighted by molar-refractivity contribution is -0.121. The maximum Gasteiger partial charge on any atom is 0.269 e. The van der Waals surface area contributed by atoms with E-state index in [2.05, 4.69) is 16.2 Å². The van der Waals surface area contributed by atoms with Crippen LogP contribution in [-0.4, -0.2) is 30.9 Å². The summed E-state index contributed by atoms with van der Waals surface area (Å²) in [5.41, 5.74) is 5.62. The summed E-state index contributed by atoms with van der Waals surface area (Å²) >= 11 is 0. The van der Waals surface area contributed by atoms with E-state index in [4.69, 9.17) is 4.74 Å². The van der Waals surface area contributed by atoms with Gasteiger partial charge < -0.3 is 10.1 Å². The second-order valence-corrected chi connectivity index (χ2v) is 5.66. The van der Waals surface area contributed by atoms with Crippen LogP contribution in [0.4, 0.5) is 0 Å². The van der Waals surface area contributed by atoms with Crippen LogP contribution in [0.5, 0.6) is 5.75 Å². The molecular weight excluding hydrogens is 346 g/mol. The molecule has 0 aliphatic rings. The zero-order valence-electron chi connectivity index (χ0n) is 15.2. The van der Waals surface area contributed by atoms with E-state index >= 15 is 0 Å². The van der Waals surface area contributed by atoms with Crippen LogP contribution in [0.2, 0.25) is 0 Å². The molecule has 0 saturated carbocycles. The summed E-state index contributed by atoms with van der Waals surface area (Å²) in [4.78, 5) is 35.8. The second-order valence-electron chi connectivity index (χ2n) is 5.66. The van der Waals surface area contributed by atoms with Crippen LogP contribution in [0, 0.1) is 0 Å². The Balaban J connectivity index is 1.68. The van der Waals surface area contributed by atoms with Crippen molar-refractivity contribution in [2.75, 3.05) is 13.2 Å². The van der Waals surface area contributed by atoms with Gasteiger partial charge >= 0.3 is 0 Å². The van der Waals surface area contributed by atoms with E-state index < -0.39 is 0 Å².